The lowest BCUT2D eigenvalue weighted by Gasteiger charge is -2.22. The minimum absolute atomic E-state index is 0.126. The summed E-state index contributed by atoms with van der Waals surface area (Å²) in [5.41, 5.74) is 1.46. The number of anilines is 1. The van der Waals surface area contributed by atoms with Crippen LogP contribution in [-0.2, 0) is 4.74 Å². The standard InChI is InChI=1S/C20H31N5O2/c1-6-13(2)16-12-18(25-17(24-16)9-10-21-25)22-14-7-8-15(11-14)23-19(26)27-20(3,4)5/h9-10,12-15,22H,6-8,11H2,1-5H3,(H,23,26)/t13?,14-,15+/m0/s1. The Morgan fingerprint density at radius 1 is 1.37 bits per heavy atom. The van der Waals surface area contributed by atoms with Gasteiger partial charge < -0.3 is 15.4 Å². The van der Waals surface area contributed by atoms with Crippen LogP contribution < -0.4 is 10.6 Å². The molecule has 2 aromatic rings. The van der Waals surface area contributed by atoms with E-state index >= 15 is 0 Å². The van der Waals surface area contributed by atoms with Crippen LogP contribution >= 0.6 is 0 Å². The second-order valence-corrected chi connectivity index (χ2v) is 8.47. The summed E-state index contributed by atoms with van der Waals surface area (Å²) in [6, 6.07) is 4.44. The monoisotopic (exact) mass is 373 g/mol. The molecule has 1 fully saturated rings. The van der Waals surface area contributed by atoms with Crippen molar-refractivity contribution in [2.24, 2.45) is 0 Å². The predicted molar refractivity (Wildman–Crippen MR) is 106 cm³/mol. The molecule has 7 heteroatoms. The lowest BCUT2D eigenvalue weighted by molar-refractivity contribution is 0.0505. The largest absolute Gasteiger partial charge is 0.444 e. The number of carbonyl (C=O) groups is 1. The van der Waals surface area contributed by atoms with E-state index in [0.717, 1.165) is 42.8 Å². The highest BCUT2D eigenvalue weighted by molar-refractivity contribution is 5.68. The number of rotatable bonds is 5. The van der Waals surface area contributed by atoms with Gasteiger partial charge in [-0.2, -0.15) is 9.61 Å². The smallest absolute Gasteiger partial charge is 0.407 e. The summed E-state index contributed by atoms with van der Waals surface area (Å²) in [4.78, 5) is 16.7. The number of alkyl carbamates (subject to hydrolysis) is 1. The first-order valence-electron chi connectivity index (χ1n) is 9.86. The van der Waals surface area contributed by atoms with Crippen LogP contribution in [0.1, 0.15) is 71.9 Å². The van der Waals surface area contributed by atoms with Crippen LogP contribution in [0.2, 0.25) is 0 Å². The van der Waals surface area contributed by atoms with Crippen LogP contribution in [0.5, 0.6) is 0 Å². The second kappa shape index (κ2) is 7.74. The van der Waals surface area contributed by atoms with Crippen LogP contribution in [0.15, 0.2) is 18.3 Å². The average molecular weight is 374 g/mol. The second-order valence-electron chi connectivity index (χ2n) is 8.47. The van der Waals surface area contributed by atoms with Gasteiger partial charge in [-0.25, -0.2) is 9.78 Å². The summed E-state index contributed by atoms with van der Waals surface area (Å²) in [5.74, 6) is 1.36. The molecule has 1 unspecified atom stereocenters. The fourth-order valence-electron chi connectivity index (χ4n) is 3.42. The SMILES string of the molecule is CCC(C)c1cc(N[C@H]2CC[C@@H](NC(=O)OC(C)(C)C)C2)n2nccc2n1. The van der Waals surface area contributed by atoms with Crippen LogP contribution in [0.25, 0.3) is 5.65 Å². The molecule has 148 valence electrons. The maximum atomic E-state index is 12.0. The molecular weight excluding hydrogens is 342 g/mol. The molecule has 7 nitrogen and oxygen atoms in total. The summed E-state index contributed by atoms with van der Waals surface area (Å²) in [5, 5.41) is 11.0. The third-order valence-electron chi connectivity index (χ3n) is 5.00. The molecule has 3 rings (SSSR count). The first-order valence-corrected chi connectivity index (χ1v) is 9.86. The molecule has 0 radical (unpaired) electrons. The molecule has 0 spiro atoms. The van der Waals surface area contributed by atoms with Gasteiger partial charge in [0.15, 0.2) is 5.65 Å². The van der Waals surface area contributed by atoms with E-state index in [2.05, 4.69) is 35.6 Å². The lowest BCUT2D eigenvalue weighted by atomic mass is 10.0. The van der Waals surface area contributed by atoms with Crippen molar-refractivity contribution < 1.29 is 9.53 Å². The Hall–Kier alpha value is -2.31. The molecule has 1 amide bonds. The Morgan fingerprint density at radius 3 is 2.81 bits per heavy atom. The molecule has 2 heterocycles. The number of ether oxygens (including phenoxy) is 1. The van der Waals surface area contributed by atoms with Crippen molar-refractivity contribution in [2.75, 3.05) is 5.32 Å². The predicted octanol–water partition coefficient (Wildman–Crippen LogP) is 4.10. The number of amides is 1. The Bertz CT molecular complexity index is 795. The van der Waals surface area contributed by atoms with E-state index in [1.807, 2.05) is 31.4 Å². The van der Waals surface area contributed by atoms with E-state index in [4.69, 9.17) is 9.72 Å². The number of aromatic nitrogens is 3. The molecule has 3 atom stereocenters. The van der Waals surface area contributed by atoms with Gasteiger partial charge in [0.2, 0.25) is 0 Å². The minimum atomic E-state index is -0.477. The average Bonchev–Trinajstić information content (AvgIpc) is 3.21. The van der Waals surface area contributed by atoms with Crippen LogP contribution in [0, 0.1) is 0 Å². The lowest BCUT2D eigenvalue weighted by Crippen LogP contribution is -2.38. The molecule has 2 N–H and O–H groups in total. The zero-order valence-corrected chi connectivity index (χ0v) is 17.0. The zero-order valence-electron chi connectivity index (χ0n) is 17.0. The van der Waals surface area contributed by atoms with Gasteiger partial charge in [0.1, 0.15) is 11.4 Å². The van der Waals surface area contributed by atoms with Crippen LogP contribution in [0.3, 0.4) is 0 Å². The Labute approximate surface area is 160 Å². The van der Waals surface area contributed by atoms with Gasteiger partial charge in [-0.05, 0) is 52.4 Å². The quantitative estimate of drug-likeness (QED) is 0.825. The van der Waals surface area contributed by atoms with Crippen LogP contribution in [-0.4, -0.2) is 38.4 Å². The van der Waals surface area contributed by atoms with Gasteiger partial charge in [0, 0.05) is 29.9 Å². The number of nitrogens with one attached hydrogen (secondary N) is 2. The number of hydrogen-bond donors (Lipinski definition) is 2. The summed E-state index contributed by atoms with van der Waals surface area (Å²) in [7, 11) is 0. The first-order chi connectivity index (χ1) is 12.7. The minimum Gasteiger partial charge on any atom is -0.444 e. The molecule has 1 aliphatic carbocycles. The maximum Gasteiger partial charge on any atom is 0.407 e. The molecule has 0 bridgehead atoms. The van der Waals surface area contributed by atoms with Gasteiger partial charge in [0.25, 0.3) is 0 Å². The van der Waals surface area contributed by atoms with Crippen molar-refractivity contribution in [3.8, 4) is 0 Å². The molecule has 1 saturated carbocycles. The van der Waals surface area contributed by atoms with Crippen molar-refractivity contribution >= 4 is 17.6 Å². The normalized spacial score (nSPS) is 21.2. The van der Waals surface area contributed by atoms with E-state index in [1.165, 1.54) is 0 Å². The van der Waals surface area contributed by atoms with Gasteiger partial charge in [-0.1, -0.05) is 13.8 Å². The summed E-state index contributed by atoms with van der Waals surface area (Å²) in [6.45, 7) is 9.98. The molecular formula is C20H31N5O2. The van der Waals surface area contributed by atoms with Gasteiger partial charge in [0.05, 0.1) is 6.20 Å². The van der Waals surface area contributed by atoms with Crippen LogP contribution in [0.4, 0.5) is 10.6 Å². The van der Waals surface area contributed by atoms with Crippen molar-refractivity contribution in [1.29, 1.82) is 0 Å². The topological polar surface area (TPSA) is 80.5 Å². The molecule has 0 saturated heterocycles. The third-order valence-corrected chi connectivity index (χ3v) is 5.00. The fraction of sp³-hybridized carbons (Fsp3) is 0.650. The summed E-state index contributed by atoms with van der Waals surface area (Å²) in [6.07, 6.45) is 5.26. The molecule has 1 aliphatic rings. The molecule has 27 heavy (non-hydrogen) atoms. The zero-order chi connectivity index (χ0) is 19.6. The van der Waals surface area contributed by atoms with Crippen molar-refractivity contribution in [2.45, 2.75) is 83.9 Å². The van der Waals surface area contributed by atoms with Crippen molar-refractivity contribution in [3.63, 3.8) is 0 Å². The first kappa shape index (κ1) is 19.5. The number of hydrogen-bond acceptors (Lipinski definition) is 5. The van der Waals surface area contributed by atoms with E-state index in [0.29, 0.717) is 5.92 Å². The van der Waals surface area contributed by atoms with E-state index in [1.54, 1.807) is 6.20 Å². The van der Waals surface area contributed by atoms with Crippen molar-refractivity contribution in [1.82, 2.24) is 19.9 Å². The van der Waals surface area contributed by atoms with Gasteiger partial charge in [-0.15, -0.1) is 0 Å². The third kappa shape index (κ3) is 4.90. The van der Waals surface area contributed by atoms with E-state index in [9.17, 15) is 4.79 Å². The highest BCUT2D eigenvalue weighted by Gasteiger charge is 2.28. The summed E-state index contributed by atoms with van der Waals surface area (Å²) >= 11 is 0. The fourth-order valence-corrected chi connectivity index (χ4v) is 3.42. The number of fused-ring (bicyclic) bond motifs is 1. The number of nitrogens with zero attached hydrogens (tertiary/aromatic N) is 3. The Kier molecular flexibility index (Phi) is 5.58. The Balaban J connectivity index is 1.66. The number of carbonyl (C=O) groups excluding carboxylic acids is 1. The highest BCUT2D eigenvalue weighted by atomic mass is 16.6. The Morgan fingerprint density at radius 2 is 2.11 bits per heavy atom. The van der Waals surface area contributed by atoms with E-state index in [-0.39, 0.29) is 18.2 Å². The highest BCUT2D eigenvalue weighted by Crippen LogP contribution is 2.26. The summed E-state index contributed by atoms with van der Waals surface area (Å²) < 4.78 is 7.21. The van der Waals surface area contributed by atoms with Crippen molar-refractivity contribution in [3.05, 3.63) is 24.0 Å². The molecule has 2 aromatic heterocycles. The maximum absolute atomic E-state index is 12.0. The molecule has 0 aliphatic heterocycles. The van der Waals surface area contributed by atoms with Gasteiger partial charge in [-0.3, -0.25) is 0 Å². The van der Waals surface area contributed by atoms with E-state index < -0.39 is 5.60 Å². The van der Waals surface area contributed by atoms with Gasteiger partial charge >= 0.3 is 6.09 Å². The molecule has 0 aromatic carbocycles.